The van der Waals surface area contributed by atoms with E-state index in [-0.39, 0.29) is 6.61 Å². The second-order valence-electron chi connectivity index (χ2n) is 9.05. The largest absolute Gasteiger partial charge is 0.496 e. The summed E-state index contributed by atoms with van der Waals surface area (Å²) in [6.07, 6.45) is 4.12. The maximum Gasteiger partial charge on any atom is 0.228 e. The highest BCUT2D eigenvalue weighted by Crippen LogP contribution is 2.38. The van der Waals surface area contributed by atoms with Crippen molar-refractivity contribution in [3.05, 3.63) is 36.0 Å². The number of aliphatic hydroxyl groups is 1. The van der Waals surface area contributed by atoms with Crippen LogP contribution in [-0.2, 0) is 16.1 Å². The average Bonchev–Trinajstić information content (AvgIpc) is 3.14. The van der Waals surface area contributed by atoms with Crippen LogP contribution in [0.2, 0.25) is 0 Å². The van der Waals surface area contributed by atoms with Crippen LogP contribution in [0.15, 0.2) is 30.5 Å². The van der Waals surface area contributed by atoms with Gasteiger partial charge in [0.2, 0.25) is 5.95 Å². The molecule has 3 aliphatic heterocycles. The second-order valence-corrected chi connectivity index (χ2v) is 9.05. The van der Waals surface area contributed by atoms with Gasteiger partial charge < -0.3 is 29.1 Å². The normalized spacial score (nSPS) is 22.4. The molecule has 2 bridgehead atoms. The number of rotatable bonds is 5. The smallest absolute Gasteiger partial charge is 0.228 e. The van der Waals surface area contributed by atoms with E-state index >= 15 is 0 Å². The van der Waals surface area contributed by atoms with Gasteiger partial charge in [-0.25, -0.2) is 4.98 Å². The number of pyridine rings is 1. The number of ether oxygens (including phenoxy) is 3. The quantitative estimate of drug-likeness (QED) is 0.612. The van der Waals surface area contributed by atoms with Gasteiger partial charge in [0.05, 0.1) is 68.8 Å². The Hall–Kier alpha value is -3.01. The fraction of sp³-hybridized carbons (Fsp3) is 0.480. The third kappa shape index (κ3) is 3.73. The van der Waals surface area contributed by atoms with E-state index in [0.717, 1.165) is 78.6 Å². The highest BCUT2D eigenvalue weighted by atomic mass is 16.5. The Morgan fingerprint density at radius 2 is 1.85 bits per heavy atom. The lowest BCUT2D eigenvalue weighted by Crippen LogP contribution is -2.46. The third-order valence-corrected chi connectivity index (χ3v) is 7.07. The summed E-state index contributed by atoms with van der Waals surface area (Å²) in [7, 11) is 1.60. The summed E-state index contributed by atoms with van der Waals surface area (Å²) in [6.45, 7) is 4.27. The van der Waals surface area contributed by atoms with Crippen LogP contribution in [0.5, 0.6) is 5.75 Å². The molecule has 3 aromatic rings. The fourth-order valence-corrected chi connectivity index (χ4v) is 5.29. The minimum Gasteiger partial charge on any atom is -0.496 e. The van der Waals surface area contributed by atoms with Gasteiger partial charge in [0.25, 0.3) is 0 Å². The number of hydrogen-bond acceptors (Lipinski definition) is 9. The monoisotopic (exact) mass is 463 g/mol. The predicted octanol–water partition coefficient (Wildman–Crippen LogP) is 2.40. The topological polar surface area (TPSA) is 93.1 Å². The maximum absolute atomic E-state index is 9.76. The predicted molar refractivity (Wildman–Crippen MR) is 128 cm³/mol. The van der Waals surface area contributed by atoms with Crippen molar-refractivity contribution in [3.63, 3.8) is 0 Å². The van der Waals surface area contributed by atoms with Crippen LogP contribution >= 0.6 is 0 Å². The molecule has 2 aromatic heterocycles. The summed E-state index contributed by atoms with van der Waals surface area (Å²) < 4.78 is 16.7. The van der Waals surface area contributed by atoms with Gasteiger partial charge in [-0.05, 0) is 37.1 Å². The first-order valence-electron chi connectivity index (χ1n) is 11.9. The van der Waals surface area contributed by atoms with Crippen LogP contribution in [0.25, 0.3) is 22.2 Å². The van der Waals surface area contributed by atoms with Crippen molar-refractivity contribution < 1.29 is 19.3 Å². The number of anilines is 2. The van der Waals surface area contributed by atoms with Crippen LogP contribution in [-0.4, -0.2) is 78.8 Å². The molecule has 2 atom stereocenters. The standard InChI is InChI=1S/C25H29N5O4/c1-32-23-5-2-16(10-17(23)13-31)21-11-22-20(12-26-21)24(30-18-3-4-19(30)15-34-14-18)28-25(27-22)29-6-8-33-9-7-29/h2,5,10-12,18-19,31H,3-4,6-9,13-15H2,1H3. The second kappa shape index (κ2) is 8.98. The lowest BCUT2D eigenvalue weighted by molar-refractivity contribution is 0.0903. The molecule has 5 heterocycles. The van der Waals surface area contributed by atoms with Gasteiger partial charge in [-0.1, -0.05) is 0 Å². The van der Waals surface area contributed by atoms with Crippen molar-refractivity contribution in [2.75, 3.05) is 56.4 Å². The zero-order valence-electron chi connectivity index (χ0n) is 19.3. The van der Waals surface area contributed by atoms with Gasteiger partial charge >= 0.3 is 0 Å². The number of fused-ring (bicyclic) bond motifs is 3. The summed E-state index contributed by atoms with van der Waals surface area (Å²) in [5, 5.41) is 10.7. The van der Waals surface area contributed by atoms with Crippen molar-refractivity contribution in [1.82, 2.24) is 15.0 Å². The molecule has 0 aliphatic carbocycles. The summed E-state index contributed by atoms with van der Waals surface area (Å²) in [5.74, 6) is 2.35. The molecule has 3 aliphatic rings. The van der Waals surface area contributed by atoms with Crippen LogP contribution in [0.3, 0.4) is 0 Å². The Bertz CT molecular complexity index is 1180. The highest BCUT2D eigenvalue weighted by Gasteiger charge is 2.39. The highest BCUT2D eigenvalue weighted by molar-refractivity contribution is 5.92. The number of aliphatic hydroxyl groups excluding tert-OH is 1. The van der Waals surface area contributed by atoms with E-state index in [2.05, 4.69) is 9.80 Å². The number of aromatic nitrogens is 3. The van der Waals surface area contributed by atoms with Gasteiger partial charge in [0, 0.05) is 30.4 Å². The molecular formula is C25H29N5O4. The van der Waals surface area contributed by atoms with E-state index in [0.29, 0.717) is 31.0 Å². The number of methoxy groups -OCH3 is 1. The fourth-order valence-electron chi connectivity index (χ4n) is 5.29. The molecule has 9 nitrogen and oxygen atoms in total. The summed E-state index contributed by atoms with van der Waals surface area (Å²) >= 11 is 0. The minimum atomic E-state index is -0.0993. The molecule has 3 fully saturated rings. The number of morpholine rings is 2. The molecule has 0 radical (unpaired) electrons. The lowest BCUT2D eigenvalue weighted by Gasteiger charge is -2.37. The SMILES string of the molecule is COc1ccc(-c2cc3nc(N4CCOCC4)nc(N4C5CCC4COC5)c3cn2)cc1CO. The average molecular weight is 464 g/mol. The van der Waals surface area contributed by atoms with Gasteiger partial charge in [-0.15, -0.1) is 0 Å². The van der Waals surface area contributed by atoms with Gasteiger partial charge in [-0.2, -0.15) is 4.98 Å². The van der Waals surface area contributed by atoms with Crippen molar-refractivity contribution in [2.24, 2.45) is 0 Å². The lowest BCUT2D eigenvalue weighted by atomic mass is 10.1. The van der Waals surface area contributed by atoms with E-state index in [4.69, 9.17) is 29.2 Å². The molecule has 178 valence electrons. The van der Waals surface area contributed by atoms with Crippen molar-refractivity contribution >= 4 is 22.7 Å². The zero-order chi connectivity index (χ0) is 23.1. The first-order chi connectivity index (χ1) is 16.7. The molecule has 9 heteroatoms. The van der Waals surface area contributed by atoms with Crippen LogP contribution in [0, 0.1) is 0 Å². The summed E-state index contributed by atoms with van der Waals surface area (Å²) in [6, 6.07) is 8.43. The number of nitrogens with zero attached hydrogens (tertiary/aromatic N) is 5. The van der Waals surface area contributed by atoms with E-state index in [1.807, 2.05) is 30.5 Å². The molecular weight excluding hydrogens is 434 g/mol. The van der Waals surface area contributed by atoms with Crippen molar-refractivity contribution in [3.8, 4) is 17.0 Å². The molecule has 0 spiro atoms. The van der Waals surface area contributed by atoms with Crippen molar-refractivity contribution in [2.45, 2.75) is 31.5 Å². The minimum absolute atomic E-state index is 0.0993. The number of hydrogen-bond donors (Lipinski definition) is 1. The summed E-state index contributed by atoms with van der Waals surface area (Å²) in [4.78, 5) is 19.5. The Morgan fingerprint density at radius 1 is 1.06 bits per heavy atom. The van der Waals surface area contributed by atoms with Crippen molar-refractivity contribution in [1.29, 1.82) is 0 Å². The van der Waals surface area contributed by atoms with E-state index in [1.54, 1.807) is 7.11 Å². The molecule has 1 aromatic carbocycles. The van der Waals surface area contributed by atoms with E-state index in [1.165, 1.54) is 0 Å². The third-order valence-electron chi connectivity index (χ3n) is 7.07. The summed E-state index contributed by atoms with van der Waals surface area (Å²) in [5.41, 5.74) is 3.30. The van der Waals surface area contributed by atoms with E-state index in [9.17, 15) is 5.11 Å². The van der Waals surface area contributed by atoms with Crippen LogP contribution in [0.1, 0.15) is 18.4 Å². The molecule has 2 unspecified atom stereocenters. The van der Waals surface area contributed by atoms with Crippen LogP contribution in [0.4, 0.5) is 11.8 Å². The zero-order valence-corrected chi connectivity index (χ0v) is 19.3. The Labute approximate surface area is 198 Å². The first-order valence-corrected chi connectivity index (χ1v) is 11.9. The molecule has 6 rings (SSSR count). The molecule has 0 saturated carbocycles. The first kappa shape index (κ1) is 21.5. The maximum atomic E-state index is 9.76. The van der Waals surface area contributed by atoms with Gasteiger partial charge in [0.1, 0.15) is 11.6 Å². The Balaban J connectivity index is 1.47. The van der Waals surface area contributed by atoms with Crippen LogP contribution < -0.4 is 14.5 Å². The Kier molecular flexibility index (Phi) is 5.68. The van der Waals surface area contributed by atoms with Gasteiger partial charge in [-0.3, -0.25) is 4.98 Å². The molecule has 3 saturated heterocycles. The molecule has 0 amide bonds. The van der Waals surface area contributed by atoms with Gasteiger partial charge in [0.15, 0.2) is 0 Å². The Morgan fingerprint density at radius 3 is 2.59 bits per heavy atom. The number of benzene rings is 1. The molecule has 34 heavy (non-hydrogen) atoms. The molecule has 1 N–H and O–H groups in total. The van der Waals surface area contributed by atoms with E-state index < -0.39 is 0 Å².